The molecule has 0 bridgehead atoms. The first kappa shape index (κ1) is 18.4. The molecule has 0 atom stereocenters. The van der Waals surface area contributed by atoms with Gasteiger partial charge in [-0.3, -0.25) is 9.59 Å². The fourth-order valence-electron chi connectivity index (χ4n) is 1.95. The zero-order chi connectivity index (χ0) is 18.2. The molecule has 2 amide bonds. The summed E-state index contributed by atoms with van der Waals surface area (Å²) in [5.41, 5.74) is 2.51. The van der Waals surface area contributed by atoms with Gasteiger partial charge in [-0.15, -0.1) is 0 Å². The van der Waals surface area contributed by atoms with E-state index in [-0.39, 0.29) is 0 Å². The van der Waals surface area contributed by atoms with Crippen LogP contribution in [0, 0.1) is 12.8 Å². The number of carbonyl (C=O) groups excluding carboxylic acids is 2. The topological polar surface area (TPSA) is 80.3 Å². The van der Waals surface area contributed by atoms with Crippen LogP contribution in [0.15, 0.2) is 42.6 Å². The quantitative estimate of drug-likeness (QED) is 0.792. The molecule has 25 heavy (non-hydrogen) atoms. The lowest BCUT2D eigenvalue weighted by Gasteiger charge is -2.09. The third-order valence-electron chi connectivity index (χ3n) is 3.34. The Labute approximate surface area is 147 Å². The average Bonchev–Trinajstić information content (AvgIpc) is 2.60. The molecule has 6 nitrogen and oxygen atoms in total. The molecule has 0 fully saturated rings. The largest absolute Gasteiger partial charge is 0.477 e. The van der Waals surface area contributed by atoms with Crippen LogP contribution in [0.25, 0.3) is 0 Å². The molecule has 2 aromatic rings. The van der Waals surface area contributed by atoms with E-state index in [4.69, 9.17) is 4.74 Å². The van der Waals surface area contributed by atoms with Crippen molar-refractivity contribution in [1.29, 1.82) is 0 Å². The summed E-state index contributed by atoms with van der Waals surface area (Å²) in [6.45, 7) is 6.95. The fraction of sp³-hybridized carbons (Fsp3) is 0.316. The lowest BCUT2D eigenvalue weighted by molar-refractivity contribution is -0.136. The van der Waals surface area contributed by atoms with Crippen molar-refractivity contribution in [1.82, 2.24) is 10.3 Å². The summed E-state index contributed by atoms with van der Waals surface area (Å²) < 4.78 is 5.47. The lowest BCUT2D eigenvalue weighted by atomic mass is 10.1. The summed E-state index contributed by atoms with van der Waals surface area (Å²) in [5, 5.41) is 5.10. The number of ether oxygens (including phenoxy) is 1. The molecule has 0 aliphatic carbocycles. The molecule has 0 aliphatic heterocycles. The molecule has 0 saturated carbocycles. The van der Waals surface area contributed by atoms with E-state index in [9.17, 15) is 9.59 Å². The molecule has 132 valence electrons. The van der Waals surface area contributed by atoms with E-state index < -0.39 is 11.8 Å². The van der Waals surface area contributed by atoms with Gasteiger partial charge in [0, 0.05) is 12.6 Å². The number of aryl methyl sites for hydroxylation is 1. The normalized spacial score (nSPS) is 10.4. The molecular weight excluding hydrogens is 318 g/mol. The summed E-state index contributed by atoms with van der Waals surface area (Å²) in [4.78, 5) is 27.9. The van der Waals surface area contributed by atoms with E-state index in [1.807, 2.05) is 45.0 Å². The predicted molar refractivity (Wildman–Crippen MR) is 96.2 cm³/mol. The van der Waals surface area contributed by atoms with E-state index in [0.717, 1.165) is 11.1 Å². The number of carbonyl (C=O) groups is 2. The van der Waals surface area contributed by atoms with Crippen LogP contribution in [0.1, 0.15) is 25.0 Å². The highest BCUT2D eigenvalue weighted by Crippen LogP contribution is 2.12. The summed E-state index contributed by atoms with van der Waals surface area (Å²) in [6.07, 6.45) is 1.46. The minimum absolute atomic E-state index is 0.298. The molecular formula is C19H23N3O3. The highest BCUT2D eigenvalue weighted by atomic mass is 16.5. The number of amides is 2. The van der Waals surface area contributed by atoms with Crippen LogP contribution in [0.4, 0.5) is 5.69 Å². The van der Waals surface area contributed by atoms with Crippen LogP contribution >= 0.6 is 0 Å². The molecule has 1 heterocycles. The average molecular weight is 341 g/mol. The molecule has 0 unspecified atom stereocenters. The van der Waals surface area contributed by atoms with Gasteiger partial charge in [0.15, 0.2) is 0 Å². The lowest BCUT2D eigenvalue weighted by Crippen LogP contribution is -2.34. The monoisotopic (exact) mass is 341 g/mol. The van der Waals surface area contributed by atoms with Crippen molar-refractivity contribution in [3.63, 3.8) is 0 Å². The Morgan fingerprint density at radius 2 is 1.80 bits per heavy atom. The SMILES string of the molecule is Cc1ccc(CNC(=O)C(=O)Nc2ccc(OCC(C)C)nc2)cc1. The highest BCUT2D eigenvalue weighted by Gasteiger charge is 2.13. The molecule has 0 spiro atoms. The Balaban J connectivity index is 1.81. The van der Waals surface area contributed by atoms with Gasteiger partial charge >= 0.3 is 11.8 Å². The van der Waals surface area contributed by atoms with Gasteiger partial charge in [-0.1, -0.05) is 43.7 Å². The first-order chi connectivity index (χ1) is 11.9. The van der Waals surface area contributed by atoms with Crippen LogP contribution in [0.2, 0.25) is 0 Å². The van der Waals surface area contributed by atoms with Gasteiger partial charge in [0.2, 0.25) is 5.88 Å². The number of anilines is 1. The van der Waals surface area contributed by atoms with Crippen molar-refractivity contribution in [3.8, 4) is 5.88 Å². The number of benzene rings is 1. The second-order valence-electron chi connectivity index (χ2n) is 6.21. The third kappa shape index (κ3) is 6.25. The maximum atomic E-state index is 11.9. The molecule has 2 N–H and O–H groups in total. The van der Waals surface area contributed by atoms with Gasteiger partial charge in [0.25, 0.3) is 0 Å². The standard InChI is InChI=1S/C19H23N3O3/c1-13(2)12-25-17-9-8-16(11-20-17)22-19(24)18(23)21-10-15-6-4-14(3)5-7-15/h4-9,11,13H,10,12H2,1-3H3,(H,21,23)(H,22,24). The van der Waals surface area contributed by atoms with Gasteiger partial charge in [0.05, 0.1) is 18.5 Å². The van der Waals surface area contributed by atoms with Crippen molar-refractivity contribution in [2.75, 3.05) is 11.9 Å². The van der Waals surface area contributed by atoms with Gasteiger partial charge in [0.1, 0.15) is 0 Å². The van der Waals surface area contributed by atoms with Crippen molar-refractivity contribution in [2.45, 2.75) is 27.3 Å². The minimum Gasteiger partial charge on any atom is -0.477 e. The van der Waals surface area contributed by atoms with E-state index in [1.165, 1.54) is 6.20 Å². The van der Waals surface area contributed by atoms with Crippen LogP contribution in [0.5, 0.6) is 5.88 Å². The van der Waals surface area contributed by atoms with Crippen molar-refractivity contribution in [2.24, 2.45) is 5.92 Å². The smallest absolute Gasteiger partial charge is 0.313 e. The molecule has 6 heteroatoms. The second kappa shape index (κ2) is 8.82. The number of hydrogen-bond donors (Lipinski definition) is 2. The zero-order valence-electron chi connectivity index (χ0n) is 14.7. The summed E-state index contributed by atoms with van der Waals surface area (Å²) in [7, 11) is 0. The fourth-order valence-corrected chi connectivity index (χ4v) is 1.95. The van der Waals surface area contributed by atoms with Crippen LogP contribution in [-0.2, 0) is 16.1 Å². The number of pyridine rings is 1. The Morgan fingerprint density at radius 3 is 2.40 bits per heavy atom. The van der Waals surface area contributed by atoms with Gasteiger partial charge in [-0.25, -0.2) is 4.98 Å². The van der Waals surface area contributed by atoms with Crippen molar-refractivity contribution < 1.29 is 14.3 Å². The van der Waals surface area contributed by atoms with Crippen molar-refractivity contribution in [3.05, 3.63) is 53.7 Å². The van der Waals surface area contributed by atoms with E-state index in [2.05, 4.69) is 15.6 Å². The number of nitrogens with one attached hydrogen (secondary N) is 2. The second-order valence-corrected chi connectivity index (χ2v) is 6.21. The summed E-state index contributed by atoms with van der Waals surface area (Å²) in [6, 6.07) is 11.0. The van der Waals surface area contributed by atoms with Crippen LogP contribution < -0.4 is 15.4 Å². The van der Waals surface area contributed by atoms with Gasteiger partial charge in [-0.2, -0.15) is 0 Å². The minimum atomic E-state index is -0.732. The van der Waals surface area contributed by atoms with Gasteiger partial charge in [-0.05, 0) is 24.5 Å². The van der Waals surface area contributed by atoms with Crippen LogP contribution in [-0.4, -0.2) is 23.4 Å². The zero-order valence-corrected chi connectivity index (χ0v) is 14.7. The molecule has 2 rings (SSSR count). The third-order valence-corrected chi connectivity index (χ3v) is 3.34. The van der Waals surface area contributed by atoms with E-state index in [0.29, 0.717) is 30.6 Å². The Hall–Kier alpha value is -2.89. The molecule has 0 radical (unpaired) electrons. The van der Waals surface area contributed by atoms with E-state index in [1.54, 1.807) is 12.1 Å². The van der Waals surface area contributed by atoms with Crippen molar-refractivity contribution >= 4 is 17.5 Å². The first-order valence-electron chi connectivity index (χ1n) is 8.17. The molecule has 0 aliphatic rings. The Morgan fingerprint density at radius 1 is 1.08 bits per heavy atom. The summed E-state index contributed by atoms with van der Waals surface area (Å²) >= 11 is 0. The van der Waals surface area contributed by atoms with Gasteiger partial charge < -0.3 is 15.4 Å². The maximum Gasteiger partial charge on any atom is 0.313 e. The van der Waals surface area contributed by atoms with Crippen LogP contribution in [0.3, 0.4) is 0 Å². The number of aromatic nitrogens is 1. The Bertz CT molecular complexity index is 710. The summed E-state index contributed by atoms with van der Waals surface area (Å²) in [5.74, 6) is -0.542. The number of rotatable bonds is 6. The number of nitrogens with zero attached hydrogens (tertiary/aromatic N) is 1. The Kier molecular flexibility index (Phi) is 6.51. The van der Waals surface area contributed by atoms with E-state index >= 15 is 0 Å². The number of hydrogen-bond acceptors (Lipinski definition) is 4. The first-order valence-corrected chi connectivity index (χ1v) is 8.17. The molecule has 0 saturated heterocycles. The highest BCUT2D eigenvalue weighted by molar-refractivity contribution is 6.39. The predicted octanol–water partition coefficient (Wildman–Crippen LogP) is 2.68. The molecule has 1 aromatic heterocycles. The molecule has 1 aromatic carbocycles. The maximum absolute atomic E-state index is 11.9.